The number of nitrogens with one attached hydrogen (secondary N) is 1. The number of methoxy groups -OCH3 is 1. The Bertz CT molecular complexity index is 391. The highest BCUT2D eigenvalue weighted by Crippen LogP contribution is 2.29. The fourth-order valence-corrected chi connectivity index (χ4v) is 2.49. The Labute approximate surface area is 106 Å². The zero-order valence-electron chi connectivity index (χ0n) is 9.93. The van der Waals surface area contributed by atoms with Crippen LogP contribution in [0, 0.1) is 5.82 Å². The van der Waals surface area contributed by atoms with Crippen molar-refractivity contribution in [3.05, 3.63) is 28.5 Å². The van der Waals surface area contributed by atoms with E-state index in [0.717, 1.165) is 13.0 Å². The molecule has 0 radical (unpaired) electrons. The van der Waals surface area contributed by atoms with Crippen LogP contribution in [0.15, 0.2) is 12.1 Å². The summed E-state index contributed by atoms with van der Waals surface area (Å²) in [5, 5.41) is 3.88. The van der Waals surface area contributed by atoms with Crippen molar-refractivity contribution in [1.29, 1.82) is 0 Å². The fraction of sp³-hybridized carbons (Fsp3) is 0.538. The number of benzene rings is 1. The predicted molar refractivity (Wildman–Crippen MR) is 67.3 cm³/mol. The van der Waals surface area contributed by atoms with E-state index in [4.69, 9.17) is 16.3 Å². The van der Waals surface area contributed by atoms with Gasteiger partial charge in [0.05, 0.1) is 7.11 Å². The first-order chi connectivity index (χ1) is 8.22. The van der Waals surface area contributed by atoms with Crippen LogP contribution >= 0.6 is 11.6 Å². The maximum Gasteiger partial charge on any atom is 0.169 e. The van der Waals surface area contributed by atoms with Crippen LogP contribution in [-0.4, -0.2) is 19.7 Å². The summed E-state index contributed by atoms with van der Waals surface area (Å²) in [6, 6.07) is 3.58. The van der Waals surface area contributed by atoms with Gasteiger partial charge >= 0.3 is 0 Å². The summed E-state index contributed by atoms with van der Waals surface area (Å²) in [6.45, 7) is 1.01. The van der Waals surface area contributed by atoms with Crippen LogP contribution in [-0.2, 0) is 6.42 Å². The second-order valence-corrected chi connectivity index (χ2v) is 4.80. The monoisotopic (exact) mass is 257 g/mol. The molecule has 1 aromatic rings. The molecule has 1 unspecified atom stereocenters. The average Bonchev–Trinajstić information content (AvgIpc) is 2.36. The first kappa shape index (κ1) is 12.7. The quantitative estimate of drug-likeness (QED) is 0.898. The summed E-state index contributed by atoms with van der Waals surface area (Å²) >= 11 is 6.05. The summed E-state index contributed by atoms with van der Waals surface area (Å²) in [5.41, 5.74) is 0.561. The van der Waals surface area contributed by atoms with E-state index in [2.05, 4.69) is 5.32 Å². The lowest BCUT2D eigenvalue weighted by Crippen LogP contribution is -2.35. The minimum Gasteiger partial charge on any atom is -0.494 e. The molecule has 1 heterocycles. The Morgan fingerprint density at radius 3 is 2.94 bits per heavy atom. The molecule has 4 heteroatoms. The van der Waals surface area contributed by atoms with E-state index >= 15 is 0 Å². The number of ether oxygens (including phenoxy) is 1. The molecule has 0 aromatic heterocycles. The topological polar surface area (TPSA) is 21.3 Å². The zero-order valence-corrected chi connectivity index (χ0v) is 10.7. The maximum atomic E-state index is 14.1. The highest BCUT2D eigenvalue weighted by Gasteiger charge is 2.19. The molecule has 1 aliphatic rings. The third kappa shape index (κ3) is 2.90. The standard InChI is InChI=1S/C13H17ClFNO/c1-17-12-6-5-11(14)10(13(12)15)8-9-4-2-3-7-16-9/h5-6,9,16H,2-4,7-8H2,1H3. The summed E-state index contributed by atoms with van der Waals surface area (Å²) in [4.78, 5) is 0. The molecule has 0 aliphatic carbocycles. The van der Waals surface area contributed by atoms with Gasteiger partial charge in [-0.1, -0.05) is 18.0 Å². The second-order valence-electron chi connectivity index (χ2n) is 4.39. The van der Waals surface area contributed by atoms with Crippen LogP contribution in [0.2, 0.25) is 5.02 Å². The molecule has 1 saturated heterocycles. The lowest BCUT2D eigenvalue weighted by molar-refractivity contribution is 0.373. The van der Waals surface area contributed by atoms with E-state index in [9.17, 15) is 4.39 Å². The van der Waals surface area contributed by atoms with Crippen molar-refractivity contribution >= 4 is 11.6 Å². The SMILES string of the molecule is COc1ccc(Cl)c(CC2CCCCN2)c1F. The molecule has 1 aliphatic heterocycles. The molecular formula is C13H17ClFNO. The van der Waals surface area contributed by atoms with Crippen molar-refractivity contribution in [2.75, 3.05) is 13.7 Å². The smallest absolute Gasteiger partial charge is 0.169 e. The van der Waals surface area contributed by atoms with Crippen molar-refractivity contribution < 1.29 is 9.13 Å². The lowest BCUT2D eigenvalue weighted by Gasteiger charge is -2.24. The molecule has 94 valence electrons. The van der Waals surface area contributed by atoms with Crippen molar-refractivity contribution in [3.63, 3.8) is 0 Å². The van der Waals surface area contributed by atoms with Crippen molar-refractivity contribution in [2.45, 2.75) is 31.7 Å². The van der Waals surface area contributed by atoms with Gasteiger partial charge in [0.15, 0.2) is 11.6 Å². The van der Waals surface area contributed by atoms with Crippen LogP contribution in [0.4, 0.5) is 4.39 Å². The molecule has 1 aromatic carbocycles. The number of hydrogen-bond acceptors (Lipinski definition) is 2. The predicted octanol–water partition coefficient (Wildman–Crippen LogP) is 3.17. The molecule has 0 bridgehead atoms. The van der Waals surface area contributed by atoms with Crippen LogP contribution in [0.25, 0.3) is 0 Å². The van der Waals surface area contributed by atoms with Gasteiger partial charge in [-0.25, -0.2) is 4.39 Å². The maximum absolute atomic E-state index is 14.1. The van der Waals surface area contributed by atoms with E-state index < -0.39 is 0 Å². The second kappa shape index (κ2) is 5.69. The zero-order chi connectivity index (χ0) is 12.3. The largest absolute Gasteiger partial charge is 0.494 e. The third-order valence-corrected chi connectivity index (χ3v) is 3.59. The van der Waals surface area contributed by atoms with Crippen LogP contribution in [0.1, 0.15) is 24.8 Å². The first-order valence-corrected chi connectivity index (χ1v) is 6.34. The Balaban J connectivity index is 2.18. The van der Waals surface area contributed by atoms with E-state index in [0.29, 0.717) is 23.0 Å². The first-order valence-electron chi connectivity index (χ1n) is 5.96. The molecule has 2 rings (SSSR count). The number of hydrogen-bond donors (Lipinski definition) is 1. The minimum atomic E-state index is -0.327. The van der Waals surface area contributed by atoms with Gasteiger partial charge in [0.25, 0.3) is 0 Å². The molecule has 1 fully saturated rings. The molecule has 0 spiro atoms. The Hall–Kier alpha value is -0.800. The van der Waals surface area contributed by atoms with Crippen molar-refractivity contribution in [3.8, 4) is 5.75 Å². The molecule has 0 amide bonds. The molecule has 17 heavy (non-hydrogen) atoms. The van der Waals surface area contributed by atoms with E-state index in [1.54, 1.807) is 12.1 Å². The summed E-state index contributed by atoms with van der Waals surface area (Å²) in [5.74, 6) is -0.0624. The Morgan fingerprint density at radius 2 is 2.29 bits per heavy atom. The summed E-state index contributed by atoms with van der Waals surface area (Å²) < 4.78 is 19.0. The molecule has 0 saturated carbocycles. The van der Waals surface area contributed by atoms with Crippen molar-refractivity contribution in [1.82, 2.24) is 5.32 Å². The van der Waals surface area contributed by atoms with Crippen LogP contribution in [0.5, 0.6) is 5.75 Å². The van der Waals surface area contributed by atoms with E-state index in [-0.39, 0.29) is 11.6 Å². The van der Waals surface area contributed by atoms with Gasteiger partial charge in [-0.3, -0.25) is 0 Å². The van der Waals surface area contributed by atoms with Gasteiger partial charge in [-0.2, -0.15) is 0 Å². The molecule has 2 nitrogen and oxygen atoms in total. The van der Waals surface area contributed by atoms with Crippen LogP contribution < -0.4 is 10.1 Å². The summed E-state index contributed by atoms with van der Waals surface area (Å²) in [7, 11) is 1.47. The molecule has 1 N–H and O–H groups in total. The fourth-order valence-electron chi connectivity index (χ4n) is 2.27. The van der Waals surface area contributed by atoms with E-state index in [1.165, 1.54) is 20.0 Å². The van der Waals surface area contributed by atoms with Gasteiger partial charge < -0.3 is 10.1 Å². The van der Waals surface area contributed by atoms with Gasteiger partial charge in [0.2, 0.25) is 0 Å². The van der Waals surface area contributed by atoms with Gasteiger partial charge in [0.1, 0.15) is 0 Å². The highest BCUT2D eigenvalue weighted by molar-refractivity contribution is 6.31. The normalized spacial score (nSPS) is 20.3. The van der Waals surface area contributed by atoms with Crippen molar-refractivity contribution in [2.24, 2.45) is 0 Å². The molecular weight excluding hydrogens is 241 g/mol. The van der Waals surface area contributed by atoms with Gasteiger partial charge in [0, 0.05) is 16.6 Å². The number of piperidine rings is 1. The van der Waals surface area contributed by atoms with Gasteiger partial charge in [-0.05, 0) is 37.9 Å². The number of rotatable bonds is 3. The lowest BCUT2D eigenvalue weighted by atomic mass is 9.97. The third-order valence-electron chi connectivity index (χ3n) is 3.23. The van der Waals surface area contributed by atoms with E-state index in [1.807, 2.05) is 0 Å². The Morgan fingerprint density at radius 1 is 1.47 bits per heavy atom. The summed E-state index contributed by atoms with van der Waals surface area (Å²) in [6.07, 6.45) is 4.10. The minimum absolute atomic E-state index is 0.264. The molecule has 1 atom stereocenters. The number of halogens is 2. The average molecular weight is 258 g/mol. The van der Waals surface area contributed by atoms with Crippen LogP contribution in [0.3, 0.4) is 0 Å². The Kier molecular flexibility index (Phi) is 4.24. The van der Waals surface area contributed by atoms with Gasteiger partial charge in [-0.15, -0.1) is 0 Å². The highest BCUT2D eigenvalue weighted by atomic mass is 35.5.